The van der Waals surface area contributed by atoms with E-state index < -0.39 is 0 Å². The maximum atomic E-state index is 10.8. The third-order valence-electron chi connectivity index (χ3n) is 3.36. The summed E-state index contributed by atoms with van der Waals surface area (Å²) in [5.41, 5.74) is 4.67. The maximum absolute atomic E-state index is 10.8. The number of nitrogens with one attached hydrogen (secondary N) is 1. The van der Waals surface area contributed by atoms with Crippen molar-refractivity contribution in [2.24, 2.45) is 5.18 Å². The highest BCUT2D eigenvalue weighted by molar-refractivity contribution is 5.42. The lowest BCUT2D eigenvalue weighted by molar-refractivity contribution is -0.747. The van der Waals surface area contributed by atoms with Crippen LogP contribution in [-0.4, -0.2) is 24.1 Å². The molecular formula is C15H21N4O+. The van der Waals surface area contributed by atoms with E-state index in [4.69, 9.17) is 0 Å². The zero-order valence-corrected chi connectivity index (χ0v) is 12.5. The standard InChI is InChI=1S/C15H20N4O/c1-11-15(17-20)12(2)19(16-11)10-14-7-5-13(6-8-14)9-18(3)4/h5-8H,9-10H2,1-4H3/p+1. The molecule has 0 radical (unpaired) electrons. The highest BCUT2D eigenvalue weighted by atomic mass is 16.3. The minimum atomic E-state index is 0.509. The predicted molar refractivity (Wildman–Crippen MR) is 78.9 cm³/mol. The van der Waals surface area contributed by atoms with Crippen LogP contribution in [0.2, 0.25) is 0 Å². The van der Waals surface area contributed by atoms with Crippen molar-refractivity contribution in [3.8, 4) is 0 Å². The van der Waals surface area contributed by atoms with Crippen molar-refractivity contribution in [1.29, 1.82) is 0 Å². The van der Waals surface area contributed by atoms with Crippen molar-refractivity contribution in [3.63, 3.8) is 0 Å². The van der Waals surface area contributed by atoms with Crippen molar-refractivity contribution in [3.05, 3.63) is 51.7 Å². The van der Waals surface area contributed by atoms with Gasteiger partial charge in [0, 0.05) is 19.0 Å². The Morgan fingerprint density at radius 3 is 2.25 bits per heavy atom. The second kappa shape index (κ2) is 5.96. The first-order valence-electron chi connectivity index (χ1n) is 6.66. The van der Waals surface area contributed by atoms with Crippen molar-refractivity contribution < 1.29 is 4.68 Å². The number of rotatable bonds is 5. The van der Waals surface area contributed by atoms with Crippen molar-refractivity contribution in [1.82, 2.24) is 10.00 Å². The molecule has 2 aromatic rings. The SMILES string of the molecule is Cc1[nH][n+](Cc2ccc(CN(C)C)cc2)c(C)c1N=O. The first-order chi connectivity index (χ1) is 9.51. The number of aromatic amines is 1. The average molecular weight is 273 g/mol. The van der Waals surface area contributed by atoms with E-state index in [1.165, 1.54) is 11.1 Å². The molecule has 1 aromatic carbocycles. The molecule has 0 bridgehead atoms. The first kappa shape index (κ1) is 14.4. The molecule has 20 heavy (non-hydrogen) atoms. The lowest BCUT2D eigenvalue weighted by atomic mass is 10.1. The largest absolute Gasteiger partial charge is 0.305 e. The van der Waals surface area contributed by atoms with E-state index in [1.54, 1.807) is 0 Å². The molecule has 0 saturated heterocycles. The smallest absolute Gasteiger partial charge is 0.234 e. The Labute approximate surface area is 119 Å². The Bertz CT molecular complexity index is 599. The van der Waals surface area contributed by atoms with Crippen LogP contribution < -0.4 is 4.68 Å². The molecule has 0 unspecified atom stereocenters. The van der Waals surface area contributed by atoms with Crippen molar-refractivity contribution in [2.75, 3.05) is 14.1 Å². The van der Waals surface area contributed by atoms with Crippen LogP contribution in [0.3, 0.4) is 0 Å². The summed E-state index contributed by atoms with van der Waals surface area (Å²) in [6.45, 7) is 5.42. The number of aromatic nitrogens is 2. The molecule has 0 aliphatic carbocycles. The Balaban J connectivity index is 2.16. The van der Waals surface area contributed by atoms with E-state index >= 15 is 0 Å². The molecule has 1 heterocycles. The molecule has 0 aliphatic heterocycles. The number of nitroso groups, excluding NO2 is 1. The lowest BCUT2D eigenvalue weighted by Crippen LogP contribution is -2.38. The Kier molecular flexibility index (Phi) is 4.29. The number of aryl methyl sites for hydroxylation is 1. The van der Waals surface area contributed by atoms with E-state index in [-0.39, 0.29) is 0 Å². The molecule has 2 rings (SSSR count). The van der Waals surface area contributed by atoms with Gasteiger partial charge in [-0.1, -0.05) is 24.3 Å². The van der Waals surface area contributed by atoms with E-state index in [1.807, 2.05) is 18.5 Å². The zero-order chi connectivity index (χ0) is 14.7. The fraction of sp³-hybridized carbons (Fsp3) is 0.400. The van der Waals surface area contributed by atoms with E-state index in [2.05, 4.69) is 53.5 Å². The Morgan fingerprint density at radius 1 is 1.15 bits per heavy atom. The molecule has 0 spiro atoms. The summed E-state index contributed by atoms with van der Waals surface area (Å²) in [4.78, 5) is 12.9. The van der Waals surface area contributed by atoms with Gasteiger partial charge < -0.3 is 4.90 Å². The summed E-state index contributed by atoms with van der Waals surface area (Å²) in [5, 5.41) is 6.24. The molecule has 1 N–H and O–H groups in total. The first-order valence-corrected chi connectivity index (χ1v) is 6.66. The Hall–Kier alpha value is -2.01. The quantitative estimate of drug-likeness (QED) is 0.672. The molecule has 1 aromatic heterocycles. The molecule has 0 saturated carbocycles. The molecule has 5 heteroatoms. The van der Waals surface area contributed by atoms with Gasteiger partial charge in [0.2, 0.25) is 11.4 Å². The topological polar surface area (TPSA) is 52.3 Å². The van der Waals surface area contributed by atoms with Gasteiger partial charge in [0.15, 0.2) is 6.54 Å². The lowest BCUT2D eigenvalue weighted by Gasteiger charge is -2.09. The number of nitrogens with zero attached hydrogens (tertiary/aromatic N) is 3. The van der Waals surface area contributed by atoms with Gasteiger partial charge in [-0.3, -0.25) is 0 Å². The number of hydrogen-bond donors (Lipinski definition) is 1. The average Bonchev–Trinajstić information content (AvgIpc) is 2.66. The van der Waals surface area contributed by atoms with Gasteiger partial charge in [-0.05, 0) is 31.8 Å². The second-order valence-corrected chi connectivity index (χ2v) is 5.40. The third kappa shape index (κ3) is 3.11. The van der Waals surface area contributed by atoms with Crippen LogP contribution >= 0.6 is 0 Å². The van der Waals surface area contributed by atoms with Gasteiger partial charge in [0.25, 0.3) is 0 Å². The summed E-state index contributed by atoms with van der Waals surface area (Å²) in [6, 6.07) is 8.52. The van der Waals surface area contributed by atoms with Crippen LogP contribution in [-0.2, 0) is 13.1 Å². The van der Waals surface area contributed by atoms with Gasteiger partial charge in [-0.2, -0.15) is 5.10 Å². The Morgan fingerprint density at radius 2 is 1.75 bits per heavy atom. The number of benzene rings is 1. The van der Waals surface area contributed by atoms with E-state index in [0.29, 0.717) is 12.2 Å². The minimum Gasteiger partial charge on any atom is -0.305 e. The summed E-state index contributed by atoms with van der Waals surface area (Å²) >= 11 is 0. The highest BCUT2D eigenvalue weighted by Crippen LogP contribution is 2.18. The van der Waals surface area contributed by atoms with Crippen LogP contribution in [0.1, 0.15) is 22.5 Å². The summed E-state index contributed by atoms with van der Waals surface area (Å²) < 4.78 is 1.95. The fourth-order valence-corrected chi connectivity index (χ4v) is 2.33. The van der Waals surface area contributed by atoms with Gasteiger partial charge in [0.05, 0.1) is 0 Å². The van der Waals surface area contributed by atoms with Crippen LogP contribution in [0.5, 0.6) is 0 Å². The summed E-state index contributed by atoms with van der Waals surface area (Å²) in [6.07, 6.45) is 0. The third-order valence-corrected chi connectivity index (χ3v) is 3.36. The highest BCUT2D eigenvalue weighted by Gasteiger charge is 2.19. The van der Waals surface area contributed by atoms with Crippen molar-refractivity contribution in [2.45, 2.75) is 26.9 Å². The summed E-state index contributed by atoms with van der Waals surface area (Å²) in [7, 11) is 4.12. The predicted octanol–water partition coefficient (Wildman–Crippen LogP) is 2.43. The fourth-order valence-electron chi connectivity index (χ4n) is 2.33. The summed E-state index contributed by atoms with van der Waals surface area (Å²) in [5.74, 6) is 0. The maximum Gasteiger partial charge on any atom is 0.234 e. The van der Waals surface area contributed by atoms with Crippen LogP contribution in [0, 0.1) is 18.8 Å². The molecule has 0 atom stereocenters. The molecule has 0 aliphatic rings. The number of hydrogen-bond acceptors (Lipinski definition) is 3. The zero-order valence-electron chi connectivity index (χ0n) is 12.5. The van der Waals surface area contributed by atoms with Gasteiger partial charge in [-0.25, -0.2) is 0 Å². The van der Waals surface area contributed by atoms with Gasteiger partial charge in [-0.15, -0.1) is 9.59 Å². The normalized spacial score (nSPS) is 11.1. The van der Waals surface area contributed by atoms with E-state index in [9.17, 15) is 4.91 Å². The molecule has 0 amide bonds. The molecule has 106 valence electrons. The monoisotopic (exact) mass is 273 g/mol. The number of H-pyrrole nitrogens is 1. The molecule has 0 fully saturated rings. The van der Waals surface area contributed by atoms with Gasteiger partial charge in [0.1, 0.15) is 5.69 Å². The van der Waals surface area contributed by atoms with Crippen LogP contribution in [0.4, 0.5) is 5.69 Å². The molecular weight excluding hydrogens is 252 g/mol. The van der Waals surface area contributed by atoms with Gasteiger partial charge >= 0.3 is 0 Å². The van der Waals surface area contributed by atoms with Crippen LogP contribution in [0.25, 0.3) is 0 Å². The second-order valence-electron chi connectivity index (χ2n) is 5.40. The van der Waals surface area contributed by atoms with Crippen LogP contribution in [0.15, 0.2) is 29.4 Å². The molecule has 5 nitrogen and oxygen atoms in total. The minimum absolute atomic E-state index is 0.509. The van der Waals surface area contributed by atoms with E-state index in [0.717, 1.165) is 17.9 Å². The van der Waals surface area contributed by atoms with Crippen molar-refractivity contribution >= 4 is 5.69 Å².